The van der Waals surface area contributed by atoms with Crippen LogP contribution in [0.15, 0.2) is 0 Å². The second-order valence-corrected chi connectivity index (χ2v) is 4.44. The monoisotopic (exact) mass is 302 g/mol. The van der Waals surface area contributed by atoms with Crippen molar-refractivity contribution >= 4 is 17.7 Å². The predicted molar refractivity (Wildman–Crippen MR) is 76.7 cm³/mol. The van der Waals surface area contributed by atoms with Gasteiger partial charge in [-0.3, -0.25) is 14.4 Å². The standard InChI is InChI=1S/C15H26O6/c1-6-15(7-2,21-10-5)12(16)11(13(17)19-8-3)14(18)20-9-4/h11H,6-10H2,1-5H3. The molecule has 0 saturated heterocycles. The summed E-state index contributed by atoms with van der Waals surface area (Å²) >= 11 is 0. The van der Waals surface area contributed by atoms with Crippen molar-refractivity contribution in [2.24, 2.45) is 5.92 Å². The molecule has 0 aliphatic rings. The molecule has 0 fully saturated rings. The molecule has 6 nitrogen and oxygen atoms in total. The molecule has 0 N–H and O–H groups in total. The van der Waals surface area contributed by atoms with Crippen molar-refractivity contribution in [2.75, 3.05) is 19.8 Å². The lowest BCUT2D eigenvalue weighted by atomic mass is 9.84. The second kappa shape index (κ2) is 9.50. The Bertz CT molecular complexity index is 341. The van der Waals surface area contributed by atoms with Gasteiger partial charge in [0.2, 0.25) is 5.92 Å². The van der Waals surface area contributed by atoms with Gasteiger partial charge in [0.15, 0.2) is 5.78 Å². The van der Waals surface area contributed by atoms with E-state index in [9.17, 15) is 14.4 Å². The summed E-state index contributed by atoms with van der Waals surface area (Å²) in [5, 5.41) is 0. The molecule has 0 rings (SSSR count). The summed E-state index contributed by atoms with van der Waals surface area (Å²) in [6.45, 7) is 9.03. The number of ketones is 1. The lowest BCUT2D eigenvalue weighted by Gasteiger charge is -2.32. The number of esters is 2. The van der Waals surface area contributed by atoms with E-state index in [1.807, 2.05) is 0 Å². The Hall–Kier alpha value is -1.43. The Morgan fingerprint density at radius 1 is 0.810 bits per heavy atom. The number of ether oxygens (including phenoxy) is 3. The van der Waals surface area contributed by atoms with Crippen LogP contribution in [-0.4, -0.2) is 43.1 Å². The number of carbonyl (C=O) groups is 3. The Balaban J connectivity index is 5.52. The SMILES string of the molecule is CCOC(=O)C(C(=O)OCC)C(=O)C(CC)(CC)OCC. The molecular weight excluding hydrogens is 276 g/mol. The van der Waals surface area contributed by atoms with Crippen LogP contribution in [0, 0.1) is 5.92 Å². The largest absolute Gasteiger partial charge is 0.465 e. The molecule has 0 aromatic rings. The van der Waals surface area contributed by atoms with Crippen LogP contribution in [0.2, 0.25) is 0 Å². The Labute approximate surface area is 126 Å². The Morgan fingerprint density at radius 2 is 1.24 bits per heavy atom. The number of carbonyl (C=O) groups excluding carboxylic acids is 3. The van der Waals surface area contributed by atoms with E-state index in [0.717, 1.165) is 0 Å². The van der Waals surface area contributed by atoms with Crippen molar-refractivity contribution < 1.29 is 28.6 Å². The van der Waals surface area contributed by atoms with Crippen LogP contribution in [0.3, 0.4) is 0 Å². The van der Waals surface area contributed by atoms with Gasteiger partial charge < -0.3 is 14.2 Å². The zero-order valence-corrected chi connectivity index (χ0v) is 13.6. The first-order valence-corrected chi connectivity index (χ1v) is 7.45. The van der Waals surface area contributed by atoms with Gasteiger partial charge >= 0.3 is 11.9 Å². The molecule has 6 heteroatoms. The maximum atomic E-state index is 12.7. The fraction of sp³-hybridized carbons (Fsp3) is 0.800. The molecule has 0 bridgehead atoms. The summed E-state index contributed by atoms with van der Waals surface area (Å²) in [6.07, 6.45) is 0.733. The van der Waals surface area contributed by atoms with Gasteiger partial charge in [-0.25, -0.2) is 0 Å². The van der Waals surface area contributed by atoms with Gasteiger partial charge in [0, 0.05) is 6.61 Å². The third kappa shape index (κ3) is 4.81. The number of hydrogen-bond acceptors (Lipinski definition) is 6. The molecule has 0 spiro atoms. The molecule has 0 saturated carbocycles. The first kappa shape index (κ1) is 19.6. The normalized spacial score (nSPS) is 11.3. The molecule has 0 amide bonds. The zero-order valence-electron chi connectivity index (χ0n) is 13.6. The molecule has 0 aliphatic carbocycles. The summed E-state index contributed by atoms with van der Waals surface area (Å²) in [5.41, 5.74) is -1.17. The van der Waals surface area contributed by atoms with E-state index in [2.05, 4.69) is 0 Å². The first-order chi connectivity index (χ1) is 9.93. The number of Topliss-reactive ketones (excluding diaryl/α,β-unsaturated/α-hetero) is 1. The second-order valence-electron chi connectivity index (χ2n) is 4.44. The molecule has 0 aliphatic heterocycles. The average molecular weight is 302 g/mol. The zero-order chi connectivity index (χ0) is 16.5. The smallest absolute Gasteiger partial charge is 0.328 e. The van der Waals surface area contributed by atoms with Crippen molar-refractivity contribution in [1.82, 2.24) is 0 Å². The van der Waals surface area contributed by atoms with Gasteiger partial charge in [-0.2, -0.15) is 0 Å². The quantitative estimate of drug-likeness (QED) is 0.453. The van der Waals surface area contributed by atoms with E-state index in [1.54, 1.807) is 34.6 Å². The maximum absolute atomic E-state index is 12.7. The van der Waals surface area contributed by atoms with Crippen molar-refractivity contribution in [3.05, 3.63) is 0 Å². The van der Waals surface area contributed by atoms with Crippen LogP contribution >= 0.6 is 0 Å². The molecule has 0 atom stereocenters. The van der Waals surface area contributed by atoms with E-state index in [0.29, 0.717) is 19.4 Å². The molecular formula is C15H26O6. The third-order valence-electron chi connectivity index (χ3n) is 3.32. The minimum Gasteiger partial charge on any atom is -0.465 e. The Morgan fingerprint density at radius 3 is 1.52 bits per heavy atom. The predicted octanol–water partition coefficient (Wildman–Crippen LogP) is 1.89. The van der Waals surface area contributed by atoms with Crippen molar-refractivity contribution in [2.45, 2.75) is 53.1 Å². The Kier molecular flexibility index (Phi) is 8.85. The van der Waals surface area contributed by atoms with E-state index in [4.69, 9.17) is 14.2 Å². The summed E-state index contributed by atoms with van der Waals surface area (Å²) in [7, 11) is 0. The minimum atomic E-state index is -1.59. The highest BCUT2D eigenvalue weighted by Gasteiger charge is 2.48. The van der Waals surface area contributed by atoms with Crippen LogP contribution in [0.25, 0.3) is 0 Å². The fourth-order valence-electron chi connectivity index (χ4n) is 2.17. The number of rotatable bonds is 10. The lowest BCUT2D eigenvalue weighted by molar-refractivity contribution is -0.171. The van der Waals surface area contributed by atoms with Gasteiger partial charge in [0.25, 0.3) is 0 Å². The summed E-state index contributed by atoms with van der Waals surface area (Å²) < 4.78 is 15.2. The van der Waals surface area contributed by atoms with Crippen molar-refractivity contribution in [3.63, 3.8) is 0 Å². The van der Waals surface area contributed by atoms with Crippen LogP contribution in [0.5, 0.6) is 0 Å². The van der Waals surface area contributed by atoms with Crippen LogP contribution in [0.1, 0.15) is 47.5 Å². The molecule has 0 radical (unpaired) electrons. The van der Waals surface area contributed by atoms with Gasteiger partial charge in [0.05, 0.1) is 13.2 Å². The van der Waals surface area contributed by atoms with E-state index >= 15 is 0 Å². The summed E-state index contributed by atoms with van der Waals surface area (Å²) in [4.78, 5) is 36.7. The van der Waals surface area contributed by atoms with Crippen LogP contribution in [0.4, 0.5) is 0 Å². The minimum absolute atomic E-state index is 0.0852. The summed E-state index contributed by atoms with van der Waals surface area (Å²) in [5.74, 6) is -3.94. The number of hydrogen-bond donors (Lipinski definition) is 0. The topological polar surface area (TPSA) is 78.9 Å². The molecule has 0 aromatic heterocycles. The van der Waals surface area contributed by atoms with Crippen molar-refractivity contribution in [1.29, 1.82) is 0 Å². The highest BCUT2D eigenvalue weighted by Crippen LogP contribution is 2.27. The average Bonchev–Trinajstić information content (AvgIpc) is 2.45. The van der Waals surface area contributed by atoms with Gasteiger partial charge in [0.1, 0.15) is 5.60 Å². The molecule has 122 valence electrons. The van der Waals surface area contributed by atoms with Gasteiger partial charge in [-0.05, 0) is 33.6 Å². The molecule has 0 unspecified atom stereocenters. The van der Waals surface area contributed by atoms with Crippen LogP contribution in [-0.2, 0) is 28.6 Å². The fourth-order valence-corrected chi connectivity index (χ4v) is 2.17. The summed E-state index contributed by atoms with van der Waals surface area (Å²) in [6, 6.07) is 0. The maximum Gasteiger partial charge on any atom is 0.328 e. The van der Waals surface area contributed by atoms with Gasteiger partial charge in [-0.15, -0.1) is 0 Å². The highest BCUT2D eigenvalue weighted by molar-refractivity contribution is 6.17. The molecule has 0 heterocycles. The van der Waals surface area contributed by atoms with E-state index in [-0.39, 0.29) is 13.2 Å². The van der Waals surface area contributed by atoms with E-state index < -0.39 is 29.2 Å². The van der Waals surface area contributed by atoms with E-state index in [1.165, 1.54) is 0 Å². The third-order valence-corrected chi connectivity index (χ3v) is 3.32. The van der Waals surface area contributed by atoms with Crippen molar-refractivity contribution in [3.8, 4) is 0 Å². The van der Waals surface area contributed by atoms with Crippen LogP contribution < -0.4 is 0 Å². The molecule has 0 aromatic carbocycles. The lowest BCUT2D eigenvalue weighted by Crippen LogP contribution is -2.50. The highest BCUT2D eigenvalue weighted by atomic mass is 16.6. The molecule has 21 heavy (non-hydrogen) atoms. The first-order valence-electron chi connectivity index (χ1n) is 7.45. The van der Waals surface area contributed by atoms with Gasteiger partial charge in [-0.1, -0.05) is 13.8 Å².